The highest BCUT2D eigenvalue weighted by molar-refractivity contribution is 6.01. The standard InChI is InChI=1S/C23H26N2O5/c1-15-4-6-19(28-3)18(10-15)25-14-17(12-22(25)26)23(27)24(2)13-16-5-7-20-21(11-16)30-9-8-29-20/h4-7,10-11,17H,8-9,12-14H2,1-3H3. The fourth-order valence-electron chi connectivity index (χ4n) is 3.97. The Balaban J connectivity index is 1.45. The largest absolute Gasteiger partial charge is 0.495 e. The van der Waals surface area contributed by atoms with E-state index in [0.717, 1.165) is 16.9 Å². The van der Waals surface area contributed by atoms with Gasteiger partial charge in [0, 0.05) is 26.6 Å². The highest BCUT2D eigenvalue weighted by atomic mass is 16.6. The second kappa shape index (κ2) is 8.26. The molecule has 0 radical (unpaired) electrons. The van der Waals surface area contributed by atoms with Crippen LogP contribution >= 0.6 is 0 Å². The molecule has 4 rings (SSSR count). The highest BCUT2D eigenvalue weighted by Crippen LogP contribution is 2.35. The van der Waals surface area contributed by atoms with Crippen molar-refractivity contribution in [2.75, 3.05) is 38.8 Å². The highest BCUT2D eigenvalue weighted by Gasteiger charge is 2.37. The monoisotopic (exact) mass is 410 g/mol. The molecular formula is C23H26N2O5. The first-order chi connectivity index (χ1) is 14.5. The number of fused-ring (bicyclic) bond motifs is 1. The number of anilines is 1. The van der Waals surface area contributed by atoms with Gasteiger partial charge in [-0.1, -0.05) is 12.1 Å². The van der Waals surface area contributed by atoms with Crippen molar-refractivity contribution in [3.63, 3.8) is 0 Å². The summed E-state index contributed by atoms with van der Waals surface area (Å²) in [6, 6.07) is 11.4. The predicted molar refractivity (Wildman–Crippen MR) is 112 cm³/mol. The molecule has 1 saturated heterocycles. The van der Waals surface area contributed by atoms with Crippen molar-refractivity contribution in [2.45, 2.75) is 19.9 Å². The van der Waals surface area contributed by atoms with Gasteiger partial charge < -0.3 is 24.0 Å². The minimum absolute atomic E-state index is 0.0487. The quantitative estimate of drug-likeness (QED) is 0.758. The molecule has 2 aliphatic heterocycles. The van der Waals surface area contributed by atoms with Crippen molar-refractivity contribution >= 4 is 17.5 Å². The lowest BCUT2D eigenvalue weighted by molar-refractivity contribution is -0.135. The summed E-state index contributed by atoms with van der Waals surface area (Å²) in [5.74, 6) is 1.56. The summed E-state index contributed by atoms with van der Waals surface area (Å²) in [4.78, 5) is 29.0. The van der Waals surface area contributed by atoms with Crippen LogP contribution in [-0.4, -0.2) is 50.6 Å². The third-order valence-electron chi connectivity index (χ3n) is 5.50. The number of carbonyl (C=O) groups excluding carboxylic acids is 2. The molecule has 1 unspecified atom stereocenters. The number of carbonyl (C=O) groups is 2. The van der Waals surface area contributed by atoms with Crippen molar-refractivity contribution in [3.05, 3.63) is 47.5 Å². The summed E-state index contributed by atoms with van der Waals surface area (Å²) in [5, 5.41) is 0. The maximum absolute atomic E-state index is 13.0. The third kappa shape index (κ3) is 3.92. The molecule has 0 bridgehead atoms. The molecule has 30 heavy (non-hydrogen) atoms. The number of methoxy groups -OCH3 is 1. The molecule has 2 aromatic carbocycles. The first kappa shape index (κ1) is 20.1. The molecule has 2 aliphatic rings. The molecule has 1 atom stereocenters. The van der Waals surface area contributed by atoms with Gasteiger partial charge in [0.2, 0.25) is 11.8 Å². The van der Waals surface area contributed by atoms with Crippen LogP contribution in [0.25, 0.3) is 0 Å². The van der Waals surface area contributed by atoms with Gasteiger partial charge in [-0.25, -0.2) is 0 Å². The fourth-order valence-corrected chi connectivity index (χ4v) is 3.97. The van der Waals surface area contributed by atoms with Gasteiger partial charge >= 0.3 is 0 Å². The number of aryl methyl sites for hydroxylation is 1. The Morgan fingerprint density at radius 3 is 2.70 bits per heavy atom. The van der Waals surface area contributed by atoms with Crippen LogP contribution in [0, 0.1) is 12.8 Å². The smallest absolute Gasteiger partial charge is 0.228 e. The first-order valence-electron chi connectivity index (χ1n) is 10.0. The fraction of sp³-hybridized carbons (Fsp3) is 0.391. The predicted octanol–water partition coefficient (Wildman–Crippen LogP) is 2.79. The molecule has 7 heteroatoms. The van der Waals surface area contributed by atoms with E-state index in [2.05, 4.69) is 0 Å². The lowest BCUT2D eigenvalue weighted by Crippen LogP contribution is -2.34. The Hall–Kier alpha value is -3.22. The number of hydrogen-bond donors (Lipinski definition) is 0. The van der Waals surface area contributed by atoms with Crippen molar-refractivity contribution in [2.24, 2.45) is 5.92 Å². The van der Waals surface area contributed by atoms with E-state index in [-0.39, 0.29) is 24.2 Å². The lowest BCUT2D eigenvalue weighted by atomic mass is 10.1. The van der Waals surface area contributed by atoms with Gasteiger partial charge in [-0.05, 0) is 42.3 Å². The van der Waals surface area contributed by atoms with Gasteiger partial charge in [0.25, 0.3) is 0 Å². The van der Waals surface area contributed by atoms with Gasteiger partial charge in [0.15, 0.2) is 11.5 Å². The van der Waals surface area contributed by atoms with Crippen LogP contribution < -0.4 is 19.1 Å². The number of rotatable bonds is 5. The zero-order valence-corrected chi connectivity index (χ0v) is 17.5. The molecule has 0 aliphatic carbocycles. The normalized spacial score (nSPS) is 17.8. The molecule has 2 amide bonds. The number of amides is 2. The molecule has 2 aromatic rings. The van der Waals surface area contributed by atoms with E-state index in [4.69, 9.17) is 14.2 Å². The van der Waals surface area contributed by atoms with Crippen molar-refractivity contribution < 1.29 is 23.8 Å². The van der Waals surface area contributed by atoms with E-state index in [1.165, 1.54) is 0 Å². The Kier molecular flexibility index (Phi) is 5.53. The number of nitrogens with zero attached hydrogens (tertiary/aromatic N) is 2. The molecule has 1 fully saturated rings. The molecule has 0 aromatic heterocycles. The van der Waals surface area contributed by atoms with Crippen molar-refractivity contribution in [3.8, 4) is 17.2 Å². The molecular weight excluding hydrogens is 384 g/mol. The second-order valence-electron chi connectivity index (χ2n) is 7.75. The van der Waals surface area contributed by atoms with Crippen LogP contribution in [0.1, 0.15) is 17.5 Å². The van der Waals surface area contributed by atoms with E-state index in [0.29, 0.717) is 43.5 Å². The van der Waals surface area contributed by atoms with Crippen LogP contribution in [0.2, 0.25) is 0 Å². The number of hydrogen-bond acceptors (Lipinski definition) is 5. The number of benzene rings is 2. The summed E-state index contributed by atoms with van der Waals surface area (Å²) in [7, 11) is 3.35. The zero-order valence-electron chi connectivity index (χ0n) is 17.5. The Labute approximate surface area is 176 Å². The minimum Gasteiger partial charge on any atom is -0.495 e. The van der Waals surface area contributed by atoms with E-state index in [9.17, 15) is 9.59 Å². The van der Waals surface area contributed by atoms with Crippen molar-refractivity contribution in [1.29, 1.82) is 0 Å². The summed E-state index contributed by atoms with van der Waals surface area (Å²) >= 11 is 0. The van der Waals surface area contributed by atoms with Gasteiger partial charge in [-0.2, -0.15) is 0 Å². The van der Waals surface area contributed by atoms with Gasteiger partial charge in [-0.15, -0.1) is 0 Å². The average Bonchev–Trinajstić information content (AvgIpc) is 3.14. The maximum atomic E-state index is 13.0. The first-order valence-corrected chi connectivity index (χ1v) is 10.0. The average molecular weight is 410 g/mol. The van der Waals surface area contributed by atoms with E-state index >= 15 is 0 Å². The summed E-state index contributed by atoms with van der Waals surface area (Å²) in [6.45, 7) is 3.82. The van der Waals surface area contributed by atoms with Crippen LogP contribution in [0.15, 0.2) is 36.4 Å². The third-order valence-corrected chi connectivity index (χ3v) is 5.50. The molecule has 0 saturated carbocycles. The van der Waals surface area contributed by atoms with Crippen LogP contribution in [0.5, 0.6) is 17.2 Å². The second-order valence-corrected chi connectivity index (χ2v) is 7.75. The van der Waals surface area contributed by atoms with Gasteiger partial charge in [0.05, 0.1) is 18.7 Å². The lowest BCUT2D eigenvalue weighted by Gasteiger charge is -2.23. The Morgan fingerprint density at radius 2 is 1.93 bits per heavy atom. The van der Waals surface area contributed by atoms with Crippen LogP contribution in [0.3, 0.4) is 0 Å². The van der Waals surface area contributed by atoms with E-state index in [1.54, 1.807) is 24.0 Å². The summed E-state index contributed by atoms with van der Waals surface area (Å²) < 4.78 is 16.6. The zero-order chi connectivity index (χ0) is 21.3. The van der Waals surface area contributed by atoms with Gasteiger partial charge in [-0.3, -0.25) is 9.59 Å². The summed E-state index contributed by atoms with van der Waals surface area (Å²) in [6.07, 6.45) is 0.196. The van der Waals surface area contributed by atoms with Crippen LogP contribution in [0.4, 0.5) is 5.69 Å². The SMILES string of the molecule is COc1ccc(C)cc1N1CC(C(=O)N(C)Cc2ccc3c(c2)OCCO3)CC1=O. The van der Waals surface area contributed by atoms with E-state index in [1.807, 2.05) is 43.3 Å². The molecule has 158 valence electrons. The molecule has 0 N–H and O–H groups in total. The maximum Gasteiger partial charge on any atom is 0.228 e. The van der Waals surface area contributed by atoms with Gasteiger partial charge in [0.1, 0.15) is 19.0 Å². The number of ether oxygens (including phenoxy) is 3. The molecule has 2 heterocycles. The Bertz CT molecular complexity index is 974. The Morgan fingerprint density at radius 1 is 1.17 bits per heavy atom. The van der Waals surface area contributed by atoms with E-state index < -0.39 is 0 Å². The summed E-state index contributed by atoms with van der Waals surface area (Å²) in [5.41, 5.74) is 2.70. The van der Waals surface area contributed by atoms with Crippen molar-refractivity contribution in [1.82, 2.24) is 4.90 Å². The molecule has 0 spiro atoms. The van der Waals surface area contributed by atoms with Crippen LogP contribution in [-0.2, 0) is 16.1 Å². The minimum atomic E-state index is -0.384. The topological polar surface area (TPSA) is 68.3 Å². The molecule has 7 nitrogen and oxygen atoms in total.